The first-order chi connectivity index (χ1) is 10.9. The second-order valence-electron chi connectivity index (χ2n) is 4.50. The summed E-state index contributed by atoms with van der Waals surface area (Å²) in [5, 5.41) is 21.1. The molecule has 2 aromatic rings. The fourth-order valence-corrected chi connectivity index (χ4v) is 1.82. The van der Waals surface area contributed by atoms with E-state index in [-0.39, 0.29) is 5.75 Å². The van der Waals surface area contributed by atoms with E-state index in [9.17, 15) is 13.2 Å². The van der Waals surface area contributed by atoms with Gasteiger partial charge in [0.05, 0.1) is 16.8 Å². The van der Waals surface area contributed by atoms with E-state index in [1.165, 1.54) is 24.3 Å². The highest BCUT2D eigenvalue weighted by Crippen LogP contribution is 2.26. The molecule has 1 N–H and O–H groups in total. The molecule has 0 unspecified atom stereocenters. The number of nitrogens with zero attached hydrogens (tertiary/aromatic N) is 2. The Labute approximate surface area is 130 Å². The van der Waals surface area contributed by atoms with Crippen LogP contribution in [0.25, 0.3) is 0 Å². The zero-order chi connectivity index (χ0) is 16.9. The summed E-state index contributed by atoms with van der Waals surface area (Å²) in [6, 6.07) is 14.4. The van der Waals surface area contributed by atoms with Gasteiger partial charge in [-0.1, -0.05) is 6.07 Å². The molecule has 0 spiro atoms. The molecule has 23 heavy (non-hydrogen) atoms. The highest BCUT2D eigenvalue weighted by Gasteiger charge is 2.28. The number of hydrogen-bond acceptors (Lipinski definition) is 4. The Kier molecular flexibility index (Phi) is 4.72. The van der Waals surface area contributed by atoms with Gasteiger partial charge in [0.15, 0.2) is 6.61 Å². The molecule has 4 nitrogen and oxygen atoms in total. The molecule has 0 aromatic heterocycles. The second-order valence-corrected chi connectivity index (χ2v) is 4.50. The Morgan fingerprint density at radius 3 is 2.00 bits per heavy atom. The van der Waals surface area contributed by atoms with E-state index < -0.39 is 12.8 Å². The third kappa shape index (κ3) is 4.39. The summed E-state index contributed by atoms with van der Waals surface area (Å²) in [6.07, 6.45) is -4.40. The van der Waals surface area contributed by atoms with Crippen LogP contribution in [0.3, 0.4) is 0 Å². The predicted molar refractivity (Wildman–Crippen MR) is 77.1 cm³/mol. The molecule has 0 radical (unpaired) electrons. The highest BCUT2D eigenvalue weighted by atomic mass is 19.4. The number of halogens is 3. The molecule has 0 aliphatic rings. The van der Waals surface area contributed by atoms with Crippen LogP contribution in [0.1, 0.15) is 11.1 Å². The van der Waals surface area contributed by atoms with Crippen LogP contribution in [0.2, 0.25) is 0 Å². The molecule has 0 bridgehead atoms. The fraction of sp³-hybridized carbons (Fsp3) is 0.125. The molecule has 7 heteroatoms. The lowest BCUT2D eigenvalue weighted by Crippen LogP contribution is -2.19. The number of nitriles is 2. The summed E-state index contributed by atoms with van der Waals surface area (Å²) in [5.74, 6) is 0.0713. The number of rotatable bonds is 4. The normalized spacial score (nSPS) is 10.5. The molecule has 0 aliphatic heterocycles. The standard InChI is InChI=1S/C16H10F3N3O/c17-16(18,19)10-23-14-6-4-13(5-7-14)22-15-11(8-20)2-1-3-12(15)9-21/h1-7,22H,10H2. The summed E-state index contributed by atoms with van der Waals surface area (Å²) in [5.41, 5.74) is 1.45. The Bertz CT molecular complexity index is 739. The molecule has 0 saturated carbocycles. The molecule has 0 heterocycles. The fourth-order valence-electron chi connectivity index (χ4n) is 1.82. The molecule has 116 valence electrons. The van der Waals surface area contributed by atoms with Gasteiger partial charge in [-0.25, -0.2) is 0 Å². The summed E-state index contributed by atoms with van der Waals surface area (Å²) in [7, 11) is 0. The number of benzene rings is 2. The van der Waals surface area contributed by atoms with Crippen molar-refractivity contribution in [1.29, 1.82) is 10.5 Å². The molecular formula is C16H10F3N3O. The minimum atomic E-state index is -4.40. The van der Waals surface area contributed by atoms with Crippen LogP contribution in [0.4, 0.5) is 24.5 Å². The summed E-state index contributed by atoms with van der Waals surface area (Å²) in [4.78, 5) is 0. The van der Waals surface area contributed by atoms with E-state index in [4.69, 9.17) is 10.5 Å². The zero-order valence-corrected chi connectivity index (χ0v) is 11.7. The van der Waals surface area contributed by atoms with Gasteiger partial charge in [-0.05, 0) is 36.4 Å². The van der Waals surface area contributed by atoms with E-state index in [1.54, 1.807) is 18.2 Å². The van der Waals surface area contributed by atoms with Crippen LogP contribution in [-0.2, 0) is 0 Å². The molecule has 0 aliphatic carbocycles. The second kappa shape index (κ2) is 6.71. The maximum absolute atomic E-state index is 12.1. The van der Waals surface area contributed by atoms with Crippen molar-refractivity contribution < 1.29 is 17.9 Å². The van der Waals surface area contributed by atoms with Crippen molar-refractivity contribution in [2.45, 2.75) is 6.18 Å². The van der Waals surface area contributed by atoms with E-state index >= 15 is 0 Å². The van der Waals surface area contributed by atoms with Crippen LogP contribution in [0.15, 0.2) is 42.5 Å². The number of alkyl halides is 3. The van der Waals surface area contributed by atoms with Gasteiger partial charge in [0, 0.05) is 5.69 Å². The Morgan fingerprint density at radius 1 is 0.957 bits per heavy atom. The number of anilines is 2. The van der Waals surface area contributed by atoms with Crippen LogP contribution in [0, 0.1) is 22.7 Å². The lowest BCUT2D eigenvalue weighted by atomic mass is 10.1. The third-order valence-electron chi connectivity index (χ3n) is 2.83. The zero-order valence-electron chi connectivity index (χ0n) is 11.7. The maximum atomic E-state index is 12.1. The first-order valence-corrected chi connectivity index (χ1v) is 6.43. The van der Waals surface area contributed by atoms with E-state index in [1.807, 2.05) is 12.1 Å². The quantitative estimate of drug-likeness (QED) is 0.921. The van der Waals surface area contributed by atoms with Gasteiger partial charge < -0.3 is 10.1 Å². The van der Waals surface area contributed by atoms with Crippen molar-refractivity contribution in [3.63, 3.8) is 0 Å². The summed E-state index contributed by atoms with van der Waals surface area (Å²) >= 11 is 0. The molecule has 0 saturated heterocycles. The van der Waals surface area contributed by atoms with E-state index in [0.29, 0.717) is 22.5 Å². The highest BCUT2D eigenvalue weighted by molar-refractivity contribution is 5.73. The largest absolute Gasteiger partial charge is 0.484 e. The van der Waals surface area contributed by atoms with Gasteiger partial charge in [0.25, 0.3) is 0 Å². The molecule has 0 fully saturated rings. The van der Waals surface area contributed by atoms with Crippen LogP contribution >= 0.6 is 0 Å². The van der Waals surface area contributed by atoms with E-state index in [2.05, 4.69) is 10.1 Å². The number of ether oxygens (including phenoxy) is 1. The smallest absolute Gasteiger partial charge is 0.422 e. The predicted octanol–water partition coefficient (Wildman–Crippen LogP) is 4.11. The monoisotopic (exact) mass is 317 g/mol. The molecule has 0 amide bonds. The number of para-hydroxylation sites is 1. The Morgan fingerprint density at radius 2 is 1.52 bits per heavy atom. The minimum Gasteiger partial charge on any atom is -0.484 e. The lowest BCUT2D eigenvalue weighted by molar-refractivity contribution is -0.153. The van der Waals surface area contributed by atoms with Gasteiger partial charge in [-0.15, -0.1) is 0 Å². The van der Waals surface area contributed by atoms with Gasteiger partial charge in [0.1, 0.15) is 17.9 Å². The SMILES string of the molecule is N#Cc1cccc(C#N)c1Nc1ccc(OCC(F)(F)F)cc1. The van der Waals surface area contributed by atoms with Gasteiger partial charge in [-0.3, -0.25) is 0 Å². The van der Waals surface area contributed by atoms with Gasteiger partial charge in [0.2, 0.25) is 0 Å². The molecule has 0 atom stereocenters. The third-order valence-corrected chi connectivity index (χ3v) is 2.83. The molecule has 2 rings (SSSR count). The van der Waals surface area contributed by atoms with E-state index in [0.717, 1.165) is 0 Å². The van der Waals surface area contributed by atoms with Crippen molar-refractivity contribution in [2.24, 2.45) is 0 Å². The van der Waals surface area contributed by atoms with Crippen molar-refractivity contribution in [2.75, 3.05) is 11.9 Å². The summed E-state index contributed by atoms with van der Waals surface area (Å²) < 4.78 is 40.8. The molecule has 2 aromatic carbocycles. The van der Waals surface area contributed by atoms with Crippen LogP contribution in [0.5, 0.6) is 5.75 Å². The van der Waals surface area contributed by atoms with Crippen LogP contribution < -0.4 is 10.1 Å². The van der Waals surface area contributed by atoms with Crippen molar-refractivity contribution in [3.8, 4) is 17.9 Å². The Hall–Kier alpha value is -3.19. The van der Waals surface area contributed by atoms with Gasteiger partial charge >= 0.3 is 6.18 Å². The van der Waals surface area contributed by atoms with Crippen molar-refractivity contribution in [3.05, 3.63) is 53.6 Å². The minimum absolute atomic E-state index is 0.0713. The average molecular weight is 317 g/mol. The Balaban J connectivity index is 2.17. The van der Waals surface area contributed by atoms with Gasteiger partial charge in [-0.2, -0.15) is 23.7 Å². The average Bonchev–Trinajstić information content (AvgIpc) is 2.53. The topological polar surface area (TPSA) is 68.8 Å². The van der Waals surface area contributed by atoms with Crippen LogP contribution in [-0.4, -0.2) is 12.8 Å². The number of nitrogens with one attached hydrogen (secondary N) is 1. The lowest BCUT2D eigenvalue weighted by Gasteiger charge is -2.12. The van der Waals surface area contributed by atoms with Crippen molar-refractivity contribution >= 4 is 11.4 Å². The number of hydrogen-bond donors (Lipinski definition) is 1. The first-order valence-electron chi connectivity index (χ1n) is 6.43. The maximum Gasteiger partial charge on any atom is 0.422 e. The summed E-state index contributed by atoms with van der Waals surface area (Å²) in [6.45, 7) is -1.37. The first kappa shape index (κ1) is 16.2. The van der Waals surface area contributed by atoms with Crippen molar-refractivity contribution in [1.82, 2.24) is 0 Å². The molecular weight excluding hydrogens is 307 g/mol.